The Morgan fingerprint density at radius 1 is 1.25 bits per heavy atom. The Kier molecular flexibility index (Phi) is 5.73. The van der Waals surface area contributed by atoms with Crippen molar-refractivity contribution in [2.24, 2.45) is 5.92 Å². The Hall–Kier alpha value is -2.20. The van der Waals surface area contributed by atoms with Crippen LogP contribution in [0.3, 0.4) is 0 Å². The first kappa shape index (κ1) is 18.1. The van der Waals surface area contributed by atoms with E-state index < -0.39 is 5.54 Å². The van der Waals surface area contributed by atoms with Crippen molar-refractivity contribution in [1.29, 1.82) is 5.26 Å². The van der Waals surface area contributed by atoms with Gasteiger partial charge in [-0.3, -0.25) is 9.69 Å². The van der Waals surface area contributed by atoms with Gasteiger partial charge in [0.05, 0.1) is 12.1 Å². The van der Waals surface area contributed by atoms with E-state index in [-0.39, 0.29) is 17.9 Å². The lowest BCUT2D eigenvalue weighted by molar-refractivity contribution is -0.127. The molecule has 7 nitrogen and oxygen atoms in total. The van der Waals surface area contributed by atoms with Crippen LogP contribution in [-0.4, -0.2) is 58.5 Å². The highest BCUT2D eigenvalue weighted by molar-refractivity contribution is 5.82. The van der Waals surface area contributed by atoms with E-state index in [9.17, 15) is 10.1 Å². The predicted molar refractivity (Wildman–Crippen MR) is 92.3 cm³/mol. The second kappa shape index (κ2) is 7.58. The van der Waals surface area contributed by atoms with Gasteiger partial charge in [0.15, 0.2) is 0 Å². The summed E-state index contributed by atoms with van der Waals surface area (Å²) >= 11 is 0. The maximum absolute atomic E-state index is 12.5. The molecule has 2 atom stereocenters. The zero-order valence-corrected chi connectivity index (χ0v) is 14.9. The van der Waals surface area contributed by atoms with Crippen LogP contribution >= 0.6 is 0 Å². The van der Waals surface area contributed by atoms with Crippen LogP contribution < -0.4 is 10.2 Å². The molecule has 1 aromatic heterocycles. The van der Waals surface area contributed by atoms with E-state index in [4.69, 9.17) is 0 Å². The number of amides is 1. The molecule has 1 aromatic rings. The molecule has 1 saturated heterocycles. The van der Waals surface area contributed by atoms with Gasteiger partial charge >= 0.3 is 0 Å². The normalized spacial score (nSPS) is 19.4. The molecule has 0 unspecified atom stereocenters. The van der Waals surface area contributed by atoms with Crippen LogP contribution in [-0.2, 0) is 4.79 Å². The number of carbonyl (C=O) groups is 1. The van der Waals surface area contributed by atoms with Gasteiger partial charge in [0, 0.05) is 38.6 Å². The number of nitrogens with zero attached hydrogens (tertiary/aromatic N) is 5. The van der Waals surface area contributed by atoms with Crippen molar-refractivity contribution >= 4 is 11.9 Å². The van der Waals surface area contributed by atoms with Crippen LogP contribution in [0.4, 0.5) is 5.95 Å². The summed E-state index contributed by atoms with van der Waals surface area (Å²) in [5.74, 6) is 0.675. The Labute approximate surface area is 143 Å². The highest BCUT2D eigenvalue weighted by Gasteiger charge is 2.34. The van der Waals surface area contributed by atoms with Crippen LogP contribution in [0.1, 0.15) is 27.7 Å². The van der Waals surface area contributed by atoms with Crippen molar-refractivity contribution in [2.45, 2.75) is 39.3 Å². The summed E-state index contributed by atoms with van der Waals surface area (Å²) < 4.78 is 0. The average Bonchev–Trinajstić information content (AvgIpc) is 2.61. The summed E-state index contributed by atoms with van der Waals surface area (Å²) in [4.78, 5) is 25.3. The summed E-state index contributed by atoms with van der Waals surface area (Å²) in [5, 5.41) is 12.3. The number of anilines is 1. The number of piperazine rings is 1. The number of nitriles is 1. The molecule has 1 aliphatic heterocycles. The molecule has 0 bridgehead atoms. The van der Waals surface area contributed by atoms with Crippen LogP contribution in [0.25, 0.3) is 0 Å². The molecular weight excluding hydrogens is 304 g/mol. The molecule has 0 saturated carbocycles. The van der Waals surface area contributed by atoms with Gasteiger partial charge in [-0.05, 0) is 25.8 Å². The second-order valence-electron chi connectivity index (χ2n) is 6.71. The monoisotopic (exact) mass is 330 g/mol. The average molecular weight is 330 g/mol. The van der Waals surface area contributed by atoms with Gasteiger partial charge in [0.25, 0.3) is 0 Å². The number of rotatable bonds is 5. The Balaban J connectivity index is 1.92. The van der Waals surface area contributed by atoms with Crippen molar-refractivity contribution in [3.63, 3.8) is 0 Å². The molecule has 1 N–H and O–H groups in total. The standard InChI is InChI=1S/C17H26N6O/c1-13(2)17(4,12-18)21-15(24)14(3)22-8-10-23(11-9-22)16-19-6-5-7-20-16/h5-7,13-14H,8-11H2,1-4H3,(H,21,24)/t14-,17-/m1/s1. The zero-order chi connectivity index (χ0) is 17.7. The van der Waals surface area contributed by atoms with E-state index in [2.05, 4.69) is 31.2 Å². The molecule has 24 heavy (non-hydrogen) atoms. The van der Waals surface area contributed by atoms with Gasteiger partial charge in [-0.25, -0.2) is 9.97 Å². The minimum absolute atomic E-state index is 0.0470. The molecule has 0 spiro atoms. The van der Waals surface area contributed by atoms with Crippen LogP contribution in [0, 0.1) is 17.2 Å². The fourth-order valence-electron chi connectivity index (χ4n) is 2.59. The largest absolute Gasteiger partial charge is 0.338 e. The first-order chi connectivity index (χ1) is 11.4. The third-order valence-corrected chi connectivity index (χ3v) is 4.85. The topological polar surface area (TPSA) is 85.2 Å². The smallest absolute Gasteiger partial charge is 0.238 e. The molecule has 1 aliphatic rings. The lowest BCUT2D eigenvalue weighted by Crippen LogP contribution is -2.58. The van der Waals surface area contributed by atoms with E-state index in [0.29, 0.717) is 0 Å². The lowest BCUT2D eigenvalue weighted by Gasteiger charge is -2.38. The molecule has 130 valence electrons. The van der Waals surface area contributed by atoms with Crippen LogP contribution in [0.2, 0.25) is 0 Å². The summed E-state index contributed by atoms with van der Waals surface area (Å²) in [7, 11) is 0. The Bertz CT molecular complexity index is 591. The summed E-state index contributed by atoms with van der Waals surface area (Å²) in [6, 6.07) is 3.75. The van der Waals surface area contributed by atoms with E-state index in [1.807, 2.05) is 20.8 Å². The fourth-order valence-corrected chi connectivity index (χ4v) is 2.59. The van der Waals surface area contributed by atoms with Crippen molar-refractivity contribution in [3.05, 3.63) is 18.5 Å². The molecule has 0 aromatic carbocycles. The second-order valence-corrected chi connectivity index (χ2v) is 6.71. The van der Waals surface area contributed by atoms with Crippen molar-refractivity contribution in [3.8, 4) is 6.07 Å². The first-order valence-electron chi connectivity index (χ1n) is 8.36. The van der Waals surface area contributed by atoms with Crippen molar-refractivity contribution < 1.29 is 4.79 Å². The van der Waals surface area contributed by atoms with Gasteiger partial charge in [0.1, 0.15) is 5.54 Å². The number of nitrogens with one attached hydrogen (secondary N) is 1. The van der Waals surface area contributed by atoms with Crippen LogP contribution in [0.5, 0.6) is 0 Å². The summed E-state index contributed by atoms with van der Waals surface area (Å²) in [5.41, 5.74) is -0.842. The maximum Gasteiger partial charge on any atom is 0.238 e. The highest BCUT2D eigenvalue weighted by Crippen LogP contribution is 2.17. The maximum atomic E-state index is 12.5. The first-order valence-corrected chi connectivity index (χ1v) is 8.36. The third-order valence-electron chi connectivity index (χ3n) is 4.85. The molecular formula is C17H26N6O. The predicted octanol–water partition coefficient (Wildman–Crippen LogP) is 1.04. The highest BCUT2D eigenvalue weighted by atomic mass is 16.2. The van der Waals surface area contributed by atoms with Gasteiger partial charge in [-0.15, -0.1) is 0 Å². The minimum atomic E-state index is -0.842. The van der Waals surface area contributed by atoms with Gasteiger partial charge in [-0.2, -0.15) is 5.26 Å². The number of carbonyl (C=O) groups excluding carboxylic acids is 1. The van der Waals surface area contributed by atoms with Gasteiger partial charge < -0.3 is 10.2 Å². The summed E-state index contributed by atoms with van der Waals surface area (Å²) in [6.45, 7) is 10.6. The lowest BCUT2D eigenvalue weighted by atomic mass is 9.89. The number of hydrogen-bond donors (Lipinski definition) is 1. The Morgan fingerprint density at radius 3 is 2.33 bits per heavy atom. The third kappa shape index (κ3) is 4.01. The SMILES string of the molecule is CC(C)[C@@](C)(C#N)NC(=O)[C@@H](C)N1CCN(c2ncccn2)CC1. The van der Waals surface area contributed by atoms with Crippen molar-refractivity contribution in [1.82, 2.24) is 20.2 Å². The fraction of sp³-hybridized carbons (Fsp3) is 0.647. The van der Waals surface area contributed by atoms with Gasteiger partial charge in [0.2, 0.25) is 11.9 Å². The van der Waals surface area contributed by atoms with E-state index >= 15 is 0 Å². The van der Waals surface area contributed by atoms with E-state index in [0.717, 1.165) is 32.1 Å². The van der Waals surface area contributed by atoms with Crippen LogP contribution in [0.15, 0.2) is 18.5 Å². The number of aromatic nitrogens is 2. The quantitative estimate of drug-likeness (QED) is 0.868. The van der Waals surface area contributed by atoms with E-state index in [1.165, 1.54) is 0 Å². The molecule has 2 rings (SSSR count). The van der Waals surface area contributed by atoms with Gasteiger partial charge in [-0.1, -0.05) is 13.8 Å². The minimum Gasteiger partial charge on any atom is -0.338 e. The molecule has 0 aliphatic carbocycles. The molecule has 2 heterocycles. The molecule has 1 fully saturated rings. The molecule has 0 radical (unpaired) electrons. The Morgan fingerprint density at radius 2 is 1.83 bits per heavy atom. The number of hydrogen-bond acceptors (Lipinski definition) is 6. The zero-order valence-electron chi connectivity index (χ0n) is 14.9. The van der Waals surface area contributed by atoms with E-state index in [1.54, 1.807) is 25.4 Å². The molecule has 7 heteroatoms. The van der Waals surface area contributed by atoms with Crippen molar-refractivity contribution in [2.75, 3.05) is 31.1 Å². The summed E-state index contributed by atoms with van der Waals surface area (Å²) in [6.07, 6.45) is 3.47. The molecule has 1 amide bonds.